The highest BCUT2D eigenvalue weighted by atomic mass is 35.5. The number of anilines is 1. The molecule has 0 aliphatic rings. The molecule has 1 heterocycles. The first kappa shape index (κ1) is 22.4. The number of carbonyl (C=O) groups is 2. The SMILES string of the molecule is CCCc1sc(C(=O)OCC(=O)Nc2cc(S(C)(=O)=O)ccc2Cl)cc1CC. The van der Waals surface area contributed by atoms with Crippen LogP contribution in [-0.2, 0) is 32.2 Å². The molecule has 0 bridgehead atoms. The lowest BCUT2D eigenvalue weighted by Crippen LogP contribution is -2.21. The minimum Gasteiger partial charge on any atom is -0.451 e. The van der Waals surface area contributed by atoms with E-state index in [2.05, 4.69) is 12.2 Å². The van der Waals surface area contributed by atoms with E-state index in [4.69, 9.17) is 16.3 Å². The molecular formula is C19H22ClNO5S2. The molecule has 152 valence electrons. The van der Waals surface area contributed by atoms with Crippen molar-refractivity contribution in [1.82, 2.24) is 0 Å². The van der Waals surface area contributed by atoms with E-state index in [1.165, 1.54) is 29.5 Å². The lowest BCUT2D eigenvalue weighted by atomic mass is 10.1. The molecule has 0 saturated heterocycles. The van der Waals surface area contributed by atoms with Crippen LogP contribution in [0.25, 0.3) is 0 Å². The van der Waals surface area contributed by atoms with Gasteiger partial charge in [-0.1, -0.05) is 31.9 Å². The van der Waals surface area contributed by atoms with Gasteiger partial charge in [-0.05, 0) is 42.7 Å². The molecule has 1 aromatic heterocycles. The number of thiophene rings is 1. The van der Waals surface area contributed by atoms with Gasteiger partial charge in [-0.3, -0.25) is 4.79 Å². The maximum Gasteiger partial charge on any atom is 0.348 e. The molecule has 0 spiro atoms. The molecule has 1 amide bonds. The third-order valence-corrected chi connectivity index (χ3v) is 6.59. The summed E-state index contributed by atoms with van der Waals surface area (Å²) in [5.41, 5.74) is 1.26. The zero-order valence-corrected chi connectivity index (χ0v) is 18.3. The van der Waals surface area contributed by atoms with Crippen LogP contribution in [-0.4, -0.2) is 33.2 Å². The Morgan fingerprint density at radius 2 is 1.93 bits per heavy atom. The van der Waals surface area contributed by atoms with Crippen molar-refractivity contribution in [3.05, 3.63) is 44.6 Å². The van der Waals surface area contributed by atoms with Crippen LogP contribution in [0.4, 0.5) is 5.69 Å². The van der Waals surface area contributed by atoms with Crippen LogP contribution < -0.4 is 5.32 Å². The van der Waals surface area contributed by atoms with E-state index in [1.807, 2.05) is 13.0 Å². The van der Waals surface area contributed by atoms with E-state index in [9.17, 15) is 18.0 Å². The molecule has 2 rings (SSSR count). The Balaban J connectivity index is 2.02. The third-order valence-electron chi connectivity index (χ3n) is 3.93. The van der Waals surface area contributed by atoms with Crippen LogP contribution in [0.3, 0.4) is 0 Å². The summed E-state index contributed by atoms with van der Waals surface area (Å²) in [7, 11) is -3.44. The third kappa shape index (κ3) is 5.80. The number of esters is 1. The molecule has 6 nitrogen and oxygen atoms in total. The van der Waals surface area contributed by atoms with Gasteiger partial charge in [-0.2, -0.15) is 0 Å². The van der Waals surface area contributed by atoms with Crippen molar-refractivity contribution in [2.45, 2.75) is 38.0 Å². The summed E-state index contributed by atoms with van der Waals surface area (Å²) in [6, 6.07) is 5.81. The maximum atomic E-state index is 12.2. The van der Waals surface area contributed by atoms with Crippen molar-refractivity contribution in [3.8, 4) is 0 Å². The van der Waals surface area contributed by atoms with Crippen LogP contribution in [0.5, 0.6) is 0 Å². The summed E-state index contributed by atoms with van der Waals surface area (Å²) in [6.07, 6.45) is 3.77. The Morgan fingerprint density at radius 1 is 1.21 bits per heavy atom. The molecule has 0 aliphatic carbocycles. The minimum absolute atomic E-state index is 0.0262. The average Bonchev–Trinajstić information content (AvgIpc) is 3.04. The van der Waals surface area contributed by atoms with Crippen molar-refractivity contribution in [1.29, 1.82) is 0 Å². The molecule has 28 heavy (non-hydrogen) atoms. The summed E-state index contributed by atoms with van der Waals surface area (Å²) in [4.78, 5) is 26.0. The number of hydrogen-bond donors (Lipinski definition) is 1. The van der Waals surface area contributed by atoms with Gasteiger partial charge in [-0.15, -0.1) is 11.3 Å². The van der Waals surface area contributed by atoms with Gasteiger partial charge in [-0.25, -0.2) is 13.2 Å². The van der Waals surface area contributed by atoms with E-state index < -0.39 is 28.3 Å². The van der Waals surface area contributed by atoms with Gasteiger partial charge in [0.2, 0.25) is 0 Å². The highest BCUT2D eigenvalue weighted by Crippen LogP contribution is 2.26. The lowest BCUT2D eigenvalue weighted by molar-refractivity contribution is -0.119. The number of amides is 1. The van der Waals surface area contributed by atoms with Crippen LogP contribution >= 0.6 is 22.9 Å². The van der Waals surface area contributed by atoms with Crippen molar-refractivity contribution in [3.63, 3.8) is 0 Å². The van der Waals surface area contributed by atoms with E-state index in [1.54, 1.807) is 0 Å². The molecule has 2 aromatic rings. The predicted molar refractivity (Wildman–Crippen MR) is 111 cm³/mol. The zero-order valence-electron chi connectivity index (χ0n) is 15.9. The number of rotatable bonds is 8. The number of benzene rings is 1. The molecule has 0 unspecified atom stereocenters. The summed E-state index contributed by atoms with van der Waals surface area (Å²) in [5, 5.41) is 2.65. The fourth-order valence-electron chi connectivity index (χ4n) is 2.52. The van der Waals surface area contributed by atoms with Gasteiger partial charge < -0.3 is 10.1 Å². The van der Waals surface area contributed by atoms with Crippen LogP contribution in [0.1, 0.15) is 40.4 Å². The predicted octanol–water partition coefficient (Wildman–Crippen LogP) is 4.12. The number of carbonyl (C=O) groups excluding carboxylic acids is 2. The smallest absolute Gasteiger partial charge is 0.348 e. The van der Waals surface area contributed by atoms with Crippen LogP contribution in [0.15, 0.2) is 29.2 Å². The lowest BCUT2D eigenvalue weighted by Gasteiger charge is -2.09. The summed E-state index contributed by atoms with van der Waals surface area (Å²) in [5.74, 6) is -1.17. The summed E-state index contributed by atoms with van der Waals surface area (Å²) >= 11 is 7.38. The van der Waals surface area contributed by atoms with Gasteiger partial charge in [0.15, 0.2) is 16.4 Å². The monoisotopic (exact) mass is 443 g/mol. The highest BCUT2D eigenvalue weighted by molar-refractivity contribution is 7.90. The quantitative estimate of drug-likeness (QED) is 0.620. The first-order valence-corrected chi connectivity index (χ1v) is 11.8. The van der Waals surface area contributed by atoms with Gasteiger partial charge in [0.25, 0.3) is 5.91 Å². The van der Waals surface area contributed by atoms with E-state index in [0.717, 1.165) is 36.0 Å². The first-order valence-electron chi connectivity index (χ1n) is 8.73. The topological polar surface area (TPSA) is 89.5 Å². The first-order chi connectivity index (χ1) is 13.2. The number of aryl methyl sites for hydroxylation is 2. The molecule has 0 atom stereocenters. The van der Waals surface area contributed by atoms with E-state index in [0.29, 0.717) is 4.88 Å². The number of halogens is 1. The standard InChI is InChI=1S/C19H22ClNO5S2/c1-4-6-16-12(5-2)9-17(27-16)19(23)26-11-18(22)21-15-10-13(28(3,24)25)7-8-14(15)20/h7-10H,4-6,11H2,1-3H3,(H,21,22). The molecule has 9 heteroatoms. The van der Waals surface area contributed by atoms with Crippen molar-refractivity contribution in [2.24, 2.45) is 0 Å². The number of ether oxygens (including phenoxy) is 1. The van der Waals surface area contributed by atoms with Gasteiger partial charge in [0.05, 0.1) is 15.6 Å². The molecule has 0 radical (unpaired) electrons. The normalized spacial score (nSPS) is 11.3. The second-order valence-electron chi connectivity index (χ2n) is 6.20. The Labute approximate surface area is 173 Å². The van der Waals surface area contributed by atoms with Crippen molar-refractivity contribution in [2.75, 3.05) is 18.2 Å². The molecular weight excluding hydrogens is 422 g/mol. The molecule has 0 aliphatic heterocycles. The van der Waals surface area contributed by atoms with Gasteiger partial charge >= 0.3 is 5.97 Å². The van der Waals surface area contributed by atoms with E-state index in [-0.39, 0.29) is 15.6 Å². The Hall–Kier alpha value is -1.90. The average molecular weight is 444 g/mol. The van der Waals surface area contributed by atoms with Crippen molar-refractivity contribution < 1.29 is 22.7 Å². The van der Waals surface area contributed by atoms with Gasteiger partial charge in [0.1, 0.15) is 4.88 Å². The Kier molecular flexibility index (Phi) is 7.63. The highest BCUT2D eigenvalue weighted by Gasteiger charge is 2.17. The summed E-state index contributed by atoms with van der Waals surface area (Å²) in [6.45, 7) is 3.60. The minimum atomic E-state index is -3.44. The maximum absolute atomic E-state index is 12.2. The Bertz CT molecular complexity index is 982. The fraction of sp³-hybridized carbons (Fsp3) is 0.368. The largest absolute Gasteiger partial charge is 0.451 e. The fourth-order valence-corrected chi connectivity index (χ4v) is 4.59. The number of sulfone groups is 1. The molecule has 0 saturated carbocycles. The Morgan fingerprint density at radius 3 is 2.54 bits per heavy atom. The second-order valence-corrected chi connectivity index (χ2v) is 9.76. The summed E-state index contributed by atoms with van der Waals surface area (Å²) < 4.78 is 28.4. The molecule has 0 fully saturated rings. The zero-order chi connectivity index (χ0) is 20.9. The van der Waals surface area contributed by atoms with E-state index >= 15 is 0 Å². The van der Waals surface area contributed by atoms with Crippen LogP contribution in [0, 0.1) is 0 Å². The van der Waals surface area contributed by atoms with Crippen molar-refractivity contribution >= 4 is 50.3 Å². The van der Waals surface area contributed by atoms with Gasteiger partial charge in [0, 0.05) is 11.1 Å². The number of nitrogens with one attached hydrogen (secondary N) is 1. The number of hydrogen-bond acceptors (Lipinski definition) is 6. The van der Waals surface area contributed by atoms with Crippen LogP contribution in [0.2, 0.25) is 5.02 Å². The molecule has 1 N–H and O–H groups in total. The molecule has 1 aromatic carbocycles. The second kappa shape index (κ2) is 9.54.